The predicted octanol–water partition coefficient (Wildman–Crippen LogP) is 5.67. The molecule has 0 unspecified atom stereocenters. The van der Waals surface area contributed by atoms with Crippen LogP contribution in [0.4, 0.5) is 14.9 Å². The van der Waals surface area contributed by atoms with E-state index in [1.165, 1.54) is 17.9 Å². The molecule has 0 aromatic heterocycles. The lowest BCUT2D eigenvalue weighted by atomic mass is 9.65. The van der Waals surface area contributed by atoms with Crippen molar-refractivity contribution in [1.82, 2.24) is 5.32 Å². The second-order valence-electron chi connectivity index (χ2n) is 9.07. The van der Waals surface area contributed by atoms with Crippen LogP contribution in [0.25, 0.3) is 0 Å². The summed E-state index contributed by atoms with van der Waals surface area (Å²) in [5.74, 6) is -0.642. The molecular weight excluding hydrogens is 467 g/mol. The topological polar surface area (TPSA) is 58.6 Å². The molecule has 1 heterocycles. The first kappa shape index (κ1) is 24.3. The van der Waals surface area contributed by atoms with Crippen molar-refractivity contribution in [3.8, 4) is 0 Å². The molecule has 1 aliphatic heterocycles. The smallest absolute Gasteiger partial charge is 0.414 e. The maximum absolute atomic E-state index is 16.3. The highest BCUT2D eigenvalue weighted by Crippen LogP contribution is 2.46. The van der Waals surface area contributed by atoms with Crippen molar-refractivity contribution in [1.29, 1.82) is 0 Å². The highest BCUT2D eigenvalue weighted by molar-refractivity contribution is 5.90. The van der Waals surface area contributed by atoms with E-state index in [1.54, 1.807) is 12.1 Å². The third kappa shape index (κ3) is 4.58. The van der Waals surface area contributed by atoms with Crippen LogP contribution in [-0.4, -0.2) is 31.2 Å². The number of ether oxygens (including phenoxy) is 1. The molecule has 0 aliphatic carbocycles. The van der Waals surface area contributed by atoms with E-state index in [0.717, 1.165) is 16.7 Å². The molecule has 5 nitrogen and oxygen atoms in total. The van der Waals surface area contributed by atoms with Gasteiger partial charge in [0.05, 0.1) is 24.2 Å². The lowest BCUT2D eigenvalue weighted by Gasteiger charge is -2.37. The van der Waals surface area contributed by atoms with Crippen LogP contribution in [0.2, 0.25) is 0 Å². The SMILES string of the molecule is CC(=O)NC[C@H]1CN(c2ccc(C(c3ccccc3)(c3ccccc3)c3ccccc3)c(F)c2)C(=O)O1. The summed E-state index contributed by atoms with van der Waals surface area (Å²) in [6.07, 6.45) is -1.07. The van der Waals surface area contributed by atoms with E-state index in [1.807, 2.05) is 91.0 Å². The van der Waals surface area contributed by atoms with Gasteiger partial charge in [-0.25, -0.2) is 9.18 Å². The molecule has 4 aromatic carbocycles. The zero-order valence-electron chi connectivity index (χ0n) is 20.4. The summed E-state index contributed by atoms with van der Waals surface area (Å²) in [4.78, 5) is 25.2. The number of cyclic esters (lactones) is 1. The van der Waals surface area contributed by atoms with Crippen molar-refractivity contribution in [2.24, 2.45) is 0 Å². The van der Waals surface area contributed by atoms with Crippen molar-refractivity contribution in [2.45, 2.75) is 18.4 Å². The van der Waals surface area contributed by atoms with Crippen molar-refractivity contribution < 1.29 is 18.7 Å². The average molecular weight is 495 g/mol. The van der Waals surface area contributed by atoms with Gasteiger partial charge in [-0.3, -0.25) is 9.69 Å². The molecule has 0 saturated carbocycles. The Labute approximate surface area is 215 Å². The Hall–Kier alpha value is -4.45. The van der Waals surface area contributed by atoms with Gasteiger partial charge in [0.2, 0.25) is 5.91 Å². The van der Waals surface area contributed by atoms with Crippen LogP contribution < -0.4 is 10.2 Å². The third-order valence-electron chi connectivity index (χ3n) is 6.74. The Morgan fingerprint density at radius 2 is 1.41 bits per heavy atom. The number of amides is 2. The molecule has 1 atom stereocenters. The van der Waals surface area contributed by atoms with Gasteiger partial charge in [-0.15, -0.1) is 0 Å². The monoisotopic (exact) mass is 494 g/mol. The standard InChI is InChI=1S/C31H27FN2O3/c1-22(35)33-20-27-21-34(30(36)37-27)26-17-18-28(29(32)19-26)31(23-11-5-2-6-12-23,24-13-7-3-8-14-24)25-15-9-4-10-16-25/h2-19,27H,20-21H2,1H3,(H,33,35)/t27-/m0/s1. The molecule has 6 heteroatoms. The highest BCUT2D eigenvalue weighted by atomic mass is 19.1. The van der Waals surface area contributed by atoms with E-state index >= 15 is 4.39 Å². The van der Waals surface area contributed by atoms with E-state index in [9.17, 15) is 9.59 Å². The van der Waals surface area contributed by atoms with Gasteiger partial charge in [-0.2, -0.15) is 0 Å². The zero-order chi connectivity index (χ0) is 25.8. The van der Waals surface area contributed by atoms with Crippen LogP contribution in [0.1, 0.15) is 29.2 Å². The molecule has 0 bridgehead atoms. The Bertz CT molecular complexity index is 1300. The molecule has 0 radical (unpaired) electrons. The number of benzene rings is 4. The van der Waals surface area contributed by atoms with Gasteiger partial charge in [0.15, 0.2) is 0 Å². The maximum atomic E-state index is 16.3. The van der Waals surface area contributed by atoms with Gasteiger partial charge in [0.25, 0.3) is 0 Å². The van der Waals surface area contributed by atoms with Crippen LogP contribution in [0, 0.1) is 5.82 Å². The maximum Gasteiger partial charge on any atom is 0.414 e. The number of hydrogen-bond acceptors (Lipinski definition) is 3. The molecule has 5 rings (SSSR count). The third-order valence-corrected chi connectivity index (χ3v) is 6.74. The quantitative estimate of drug-likeness (QED) is 0.337. The number of hydrogen-bond donors (Lipinski definition) is 1. The second-order valence-corrected chi connectivity index (χ2v) is 9.07. The van der Waals surface area contributed by atoms with E-state index in [-0.39, 0.29) is 19.0 Å². The number of carbonyl (C=O) groups excluding carboxylic acids is 2. The van der Waals surface area contributed by atoms with E-state index in [2.05, 4.69) is 5.32 Å². The number of nitrogens with one attached hydrogen (secondary N) is 1. The van der Waals surface area contributed by atoms with Gasteiger partial charge in [0.1, 0.15) is 11.9 Å². The predicted molar refractivity (Wildman–Crippen MR) is 141 cm³/mol. The van der Waals surface area contributed by atoms with Crippen LogP contribution in [0.5, 0.6) is 0 Å². The molecule has 2 amide bonds. The molecule has 4 aromatic rings. The molecule has 1 N–H and O–H groups in total. The summed E-state index contributed by atoms with van der Waals surface area (Å²) in [6, 6.07) is 34.5. The molecular formula is C31H27FN2O3. The minimum absolute atomic E-state index is 0.205. The van der Waals surface area contributed by atoms with E-state index < -0.39 is 23.4 Å². The lowest BCUT2D eigenvalue weighted by Crippen LogP contribution is -2.33. The fourth-order valence-corrected chi connectivity index (χ4v) is 5.10. The van der Waals surface area contributed by atoms with Crippen molar-refractivity contribution in [2.75, 3.05) is 18.0 Å². The van der Waals surface area contributed by atoms with Crippen molar-refractivity contribution in [3.05, 3.63) is 137 Å². The molecule has 186 valence electrons. The first-order valence-corrected chi connectivity index (χ1v) is 12.2. The largest absolute Gasteiger partial charge is 0.442 e. The lowest BCUT2D eigenvalue weighted by molar-refractivity contribution is -0.119. The number of carbonyl (C=O) groups is 2. The van der Waals surface area contributed by atoms with Crippen LogP contribution >= 0.6 is 0 Å². The van der Waals surface area contributed by atoms with Crippen LogP contribution in [-0.2, 0) is 14.9 Å². The van der Waals surface area contributed by atoms with E-state index in [0.29, 0.717) is 11.3 Å². The minimum Gasteiger partial charge on any atom is -0.442 e. The van der Waals surface area contributed by atoms with E-state index in [4.69, 9.17) is 4.74 Å². The molecule has 37 heavy (non-hydrogen) atoms. The fraction of sp³-hybridized carbons (Fsp3) is 0.161. The van der Waals surface area contributed by atoms with Gasteiger partial charge in [0, 0.05) is 12.5 Å². The van der Waals surface area contributed by atoms with Gasteiger partial charge in [-0.05, 0) is 28.8 Å². The summed E-state index contributed by atoms with van der Waals surface area (Å²) >= 11 is 0. The van der Waals surface area contributed by atoms with Crippen LogP contribution in [0.3, 0.4) is 0 Å². The molecule has 1 saturated heterocycles. The molecule has 1 fully saturated rings. The fourth-order valence-electron chi connectivity index (χ4n) is 5.10. The number of halogens is 1. The normalized spacial score (nSPS) is 15.4. The van der Waals surface area contributed by atoms with Crippen molar-refractivity contribution in [3.63, 3.8) is 0 Å². The first-order valence-electron chi connectivity index (χ1n) is 12.2. The molecule has 1 aliphatic rings. The Morgan fingerprint density at radius 1 is 0.892 bits per heavy atom. The summed E-state index contributed by atoms with van der Waals surface area (Å²) in [7, 11) is 0. The summed E-state index contributed by atoms with van der Waals surface area (Å²) in [5, 5.41) is 2.66. The Balaban J connectivity index is 1.63. The van der Waals surface area contributed by atoms with Gasteiger partial charge >= 0.3 is 6.09 Å². The second kappa shape index (κ2) is 10.3. The summed E-state index contributed by atoms with van der Waals surface area (Å²) in [6.45, 7) is 1.83. The minimum atomic E-state index is -0.925. The number of anilines is 1. The van der Waals surface area contributed by atoms with Gasteiger partial charge in [-0.1, -0.05) is 97.1 Å². The Morgan fingerprint density at radius 3 is 1.86 bits per heavy atom. The van der Waals surface area contributed by atoms with Gasteiger partial charge < -0.3 is 10.1 Å². The summed E-state index contributed by atoms with van der Waals surface area (Å²) < 4.78 is 21.7. The number of rotatable bonds is 7. The zero-order valence-corrected chi connectivity index (χ0v) is 20.4. The highest BCUT2D eigenvalue weighted by Gasteiger charge is 2.41. The van der Waals surface area contributed by atoms with Crippen molar-refractivity contribution >= 4 is 17.7 Å². The van der Waals surface area contributed by atoms with Crippen LogP contribution in [0.15, 0.2) is 109 Å². The first-order chi connectivity index (χ1) is 18.0. The summed E-state index contributed by atoms with van der Waals surface area (Å²) in [5.41, 5.74) is 2.73. The number of nitrogens with zero attached hydrogens (tertiary/aromatic N) is 1. The average Bonchev–Trinajstić information content (AvgIpc) is 3.31. The molecule has 0 spiro atoms. The Kier molecular flexibility index (Phi) is 6.73.